The van der Waals surface area contributed by atoms with Crippen LogP contribution in [0.25, 0.3) is 78.7 Å². The minimum Gasteiger partial charge on any atom is -0.258 e. The first-order chi connectivity index (χ1) is 24.6. The van der Waals surface area contributed by atoms with E-state index in [2.05, 4.69) is 151 Å². The summed E-state index contributed by atoms with van der Waals surface area (Å²) in [5.74, 6) is 1.89. The lowest BCUT2D eigenvalue weighted by molar-refractivity contribution is 1.07. The molecule has 50 heavy (non-hydrogen) atoms. The van der Waals surface area contributed by atoms with Gasteiger partial charge in [-0.15, -0.1) is 0 Å². The van der Waals surface area contributed by atoms with Crippen LogP contribution in [-0.2, 0) is 0 Å². The van der Waals surface area contributed by atoms with E-state index in [0.29, 0.717) is 17.5 Å². The molecule has 8 aromatic rings. The molecule has 238 valence electrons. The molecule has 0 unspecified atom stereocenters. The summed E-state index contributed by atoms with van der Waals surface area (Å²) in [6.07, 6.45) is 0. The van der Waals surface area contributed by atoms with Crippen LogP contribution in [0, 0.1) is 13.8 Å². The molecule has 0 aliphatic carbocycles. The Bertz CT molecular complexity index is 2420. The average molecular weight is 643 g/mol. The summed E-state index contributed by atoms with van der Waals surface area (Å²) in [5, 5.41) is 0. The second-order valence-electron chi connectivity index (χ2n) is 12.4. The molecule has 4 heteroatoms. The fourth-order valence-electron chi connectivity index (χ4n) is 6.43. The van der Waals surface area contributed by atoms with Gasteiger partial charge in [0.15, 0.2) is 17.5 Å². The van der Waals surface area contributed by atoms with E-state index in [-0.39, 0.29) is 0 Å². The molecule has 0 amide bonds. The lowest BCUT2D eigenvalue weighted by atomic mass is 9.90. The highest BCUT2D eigenvalue weighted by Gasteiger charge is 2.15. The van der Waals surface area contributed by atoms with Crippen LogP contribution < -0.4 is 0 Å². The molecule has 0 radical (unpaired) electrons. The normalized spacial score (nSPS) is 11.0. The quantitative estimate of drug-likeness (QED) is 0.174. The van der Waals surface area contributed by atoms with Crippen LogP contribution in [0.5, 0.6) is 0 Å². The number of rotatable bonds is 7. The first kappa shape index (κ1) is 30.8. The molecule has 0 saturated carbocycles. The zero-order chi connectivity index (χ0) is 33.9. The third-order valence-corrected chi connectivity index (χ3v) is 8.99. The summed E-state index contributed by atoms with van der Waals surface area (Å²) in [5.41, 5.74) is 14.0. The largest absolute Gasteiger partial charge is 0.258 e. The Labute approximate surface area is 292 Å². The molecular weight excluding hydrogens is 609 g/mol. The van der Waals surface area contributed by atoms with Gasteiger partial charge in [0.2, 0.25) is 0 Å². The van der Waals surface area contributed by atoms with Gasteiger partial charge in [-0.05, 0) is 71.0 Å². The highest BCUT2D eigenvalue weighted by Crippen LogP contribution is 2.37. The van der Waals surface area contributed by atoms with Gasteiger partial charge in [-0.3, -0.25) is 4.98 Å². The van der Waals surface area contributed by atoms with Crippen LogP contribution in [0.3, 0.4) is 0 Å². The van der Waals surface area contributed by atoms with Gasteiger partial charge in [0.25, 0.3) is 0 Å². The molecule has 0 aliphatic heterocycles. The summed E-state index contributed by atoms with van der Waals surface area (Å²) in [6.45, 7) is 4.07. The molecule has 0 aliphatic rings. The smallest absolute Gasteiger partial charge is 0.164 e. The fourth-order valence-corrected chi connectivity index (χ4v) is 6.43. The summed E-state index contributed by atoms with van der Waals surface area (Å²) < 4.78 is 0. The molecule has 6 aromatic carbocycles. The zero-order valence-electron chi connectivity index (χ0n) is 28.0. The number of aromatic nitrogens is 4. The van der Waals surface area contributed by atoms with E-state index in [1.165, 1.54) is 22.3 Å². The van der Waals surface area contributed by atoms with E-state index < -0.39 is 0 Å². The van der Waals surface area contributed by atoms with E-state index in [9.17, 15) is 0 Å². The van der Waals surface area contributed by atoms with Gasteiger partial charge in [0.1, 0.15) is 0 Å². The van der Waals surface area contributed by atoms with E-state index in [4.69, 9.17) is 15.0 Å². The Hall–Kier alpha value is -6.52. The van der Waals surface area contributed by atoms with Crippen molar-refractivity contribution >= 4 is 0 Å². The number of nitrogens with zero attached hydrogens (tertiary/aromatic N) is 4. The van der Waals surface area contributed by atoms with E-state index in [1.54, 1.807) is 0 Å². The summed E-state index contributed by atoms with van der Waals surface area (Å²) >= 11 is 0. The van der Waals surface area contributed by atoms with E-state index >= 15 is 0 Å². The van der Waals surface area contributed by atoms with Gasteiger partial charge >= 0.3 is 0 Å². The van der Waals surface area contributed by atoms with Crippen molar-refractivity contribution in [2.45, 2.75) is 13.8 Å². The molecule has 0 spiro atoms. The summed E-state index contributed by atoms with van der Waals surface area (Å²) in [7, 11) is 0. The number of hydrogen-bond donors (Lipinski definition) is 0. The third kappa shape index (κ3) is 6.35. The number of benzene rings is 6. The van der Waals surface area contributed by atoms with Gasteiger partial charge in [-0.25, -0.2) is 15.0 Å². The second-order valence-corrected chi connectivity index (χ2v) is 12.4. The first-order valence-corrected chi connectivity index (χ1v) is 16.8. The Morgan fingerprint density at radius 2 is 0.740 bits per heavy atom. The van der Waals surface area contributed by atoms with E-state index in [1.807, 2.05) is 37.3 Å². The molecule has 0 bridgehead atoms. The maximum atomic E-state index is 5.07. The SMILES string of the molecule is Cc1ccc(-c2ccc(-c3nc(-c4ccccc4)nc(-c4cccc(-c5ccc(-c6ccccc6)cc5-c5ccccc5)c4)n3)cc2)c(C)n1. The number of pyridine rings is 1. The molecule has 8 rings (SSSR count). The van der Waals surface area contributed by atoms with Crippen molar-refractivity contribution in [3.63, 3.8) is 0 Å². The second kappa shape index (κ2) is 13.5. The maximum Gasteiger partial charge on any atom is 0.164 e. The first-order valence-electron chi connectivity index (χ1n) is 16.8. The average Bonchev–Trinajstić information content (AvgIpc) is 3.19. The van der Waals surface area contributed by atoms with Crippen molar-refractivity contribution in [3.05, 3.63) is 181 Å². The standard InChI is InChI=1S/C46H34N4/c1-31-21-27-41(32(2)47-31)35-22-24-37(25-23-35)45-48-44(36-17-10-5-11-18-36)49-46(50-45)40-20-12-19-39(29-40)42-28-26-38(33-13-6-3-7-14-33)30-43(42)34-15-8-4-9-16-34/h3-30H,1-2H3. The topological polar surface area (TPSA) is 51.6 Å². The Morgan fingerprint density at radius 3 is 1.38 bits per heavy atom. The molecule has 2 aromatic heterocycles. The highest BCUT2D eigenvalue weighted by atomic mass is 15.0. The van der Waals surface area contributed by atoms with Crippen LogP contribution in [0.4, 0.5) is 0 Å². The van der Waals surface area contributed by atoms with Crippen LogP contribution in [0.2, 0.25) is 0 Å². The summed E-state index contributed by atoms with van der Waals surface area (Å²) in [4.78, 5) is 19.7. The molecule has 0 saturated heterocycles. The molecule has 2 heterocycles. The maximum absolute atomic E-state index is 5.07. The summed E-state index contributed by atoms with van der Waals surface area (Å²) in [6, 6.07) is 59.0. The lowest BCUT2D eigenvalue weighted by Gasteiger charge is -2.14. The zero-order valence-corrected chi connectivity index (χ0v) is 28.0. The highest BCUT2D eigenvalue weighted by molar-refractivity contribution is 5.88. The van der Waals surface area contributed by atoms with Gasteiger partial charge in [-0.1, -0.05) is 152 Å². The molecule has 0 N–H and O–H groups in total. The molecule has 0 atom stereocenters. The predicted octanol–water partition coefficient (Wildman–Crippen LogP) is 11.6. The Morgan fingerprint density at radius 1 is 0.280 bits per heavy atom. The van der Waals surface area contributed by atoms with Crippen LogP contribution >= 0.6 is 0 Å². The monoisotopic (exact) mass is 642 g/mol. The molecular formula is C46H34N4. The van der Waals surface area contributed by atoms with Crippen molar-refractivity contribution in [1.82, 2.24) is 19.9 Å². The Balaban J connectivity index is 1.23. The van der Waals surface area contributed by atoms with Crippen molar-refractivity contribution in [2.24, 2.45) is 0 Å². The minimum atomic E-state index is 0.625. The van der Waals surface area contributed by atoms with Gasteiger partial charge in [0.05, 0.1) is 0 Å². The van der Waals surface area contributed by atoms with Crippen molar-refractivity contribution < 1.29 is 0 Å². The van der Waals surface area contributed by atoms with Gasteiger partial charge in [0, 0.05) is 33.6 Å². The van der Waals surface area contributed by atoms with Crippen LogP contribution in [0.1, 0.15) is 11.4 Å². The molecule has 4 nitrogen and oxygen atoms in total. The third-order valence-electron chi connectivity index (χ3n) is 8.99. The van der Waals surface area contributed by atoms with Crippen molar-refractivity contribution in [1.29, 1.82) is 0 Å². The van der Waals surface area contributed by atoms with Gasteiger partial charge in [-0.2, -0.15) is 0 Å². The number of aryl methyl sites for hydroxylation is 2. The fraction of sp³-hybridized carbons (Fsp3) is 0.0435. The van der Waals surface area contributed by atoms with Crippen LogP contribution in [-0.4, -0.2) is 19.9 Å². The molecule has 0 fully saturated rings. The van der Waals surface area contributed by atoms with Crippen LogP contribution in [0.15, 0.2) is 170 Å². The minimum absolute atomic E-state index is 0.625. The van der Waals surface area contributed by atoms with Crippen molar-refractivity contribution in [3.8, 4) is 78.7 Å². The number of hydrogen-bond acceptors (Lipinski definition) is 4. The Kier molecular flexibility index (Phi) is 8.34. The predicted molar refractivity (Wildman–Crippen MR) is 205 cm³/mol. The lowest BCUT2D eigenvalue weighted by Crippen LogP contribution is -2.00. The van der Waals surface area contributed by atoms with Gasteiger partial charge < -0.3 is 0 Å². The van der Waals surface area contributed by atoms with E-state index in [0.717, 1.165) is 50.3 Å². The van der Waals surface area contributed by atoms with Crippen molar-refractivity contribution in [2.75, 3.05) is 0 Å².